The van der Waals surface area contributed by atoms with Gasteiger partial charge in [-0.3, -0.25) is 9.78 Å². The average Bonchev–Trinajstić information content (AvgIpc) is 3.10. The van der Waals surface area contributed by atoms with E-state index in [0.717, 1.165) is 32.6 Å². The highest BCUT2D eigenvalue weighted by molar-refractivity contribution is 5.81. The standard InChI is InChI=1S/C15H21N3O2/c1-12(20-13-3-2-6-16-9-13)14(19)18-8-5-15(11-18)4-7-17-10-15/h2-3,6,9,12,17H,4-5,7-8,10-11H2,1H3. The van der Waals surface area contributed by atoms with Gasteiger partial charge in [-0.25, -0.2) is 0 Å². The number of rotatable bonds is 3. The number of pyridine rings is 1. The quantitative estimate of drug-likeness (QED) is 0.896. The third kappa shape index (κ3) is 2.63. The Bertz CT molecular complexity index is 471. The molecule has 2 saturated heterocycles. The van der Waals surface area contributed by atoms with Crippen molar-refractivity contribution in [1.29, 1.82) is 0 Å². The summed E-state index contributed by atoms with van der Waals surface area (Å²) in [7, 11) is 0. The van der Waals surface area contributed by atoms with Gasteiger partial charge < -0.3 is 15.0 Å². The van der Waals surface area contributed by atoms with Gasteiger partial charge in [-0.2, -0.15) is 0 Å². The highest BCUT2D eigenvalue weighted by Gasteiger charge is 2.42. The summed E-state index contributed by atoms with van der Waals surface area (Å²) in [5.41, 5.74) is 0.309. The zero-order valence-electron chi connectivity index (χ0n) is 11.8. The Labute approximate surface area is 119 Å². The number of carbonyl (C=O) groups excluding carboxylic acids is 1. The van der Waals surface area contributed by atoms with Gasteiger partial charge >= 0.3 is 0 Å². The number of hydrogen-bond acceptors (Lipinski definition) is 4. The third-order valence-corrected chi connectivity index (χ3v) is 4.38. The van der Waals surface area contributed by atoms with Gasteiger partial charge in [0.05, 0.1) is 6.20 Å². The molecule has 1 aromatic rings. The molecule has 108 valence electrons. The van der Waals surface area contributed by atoms with Crippen LogP contribution in [0.5, 0.6) is 5.75 Å². The van der Waals surface area contributed by atoms with Gasteiger partial charge in [-0.15, -0.1) is 0 Å². The first kappa shape index (κ1) is 13.4. The van der Waals surface area contributed by atoms with E-state index in [1.165, 1.54) is 6.42 Å². The monoisotopic (exact) mass is 275 g/mol. The van der Waals surface area contributed by atoms with E-state index in [0.29, 0.717) is 11.2 Å². The summed E-state index contributed by atoms with van der Waals surface area (Å²) in [4.78, 5) is 18.4. The molecular formula is C15H21N3O2. The zero-order chi connectivity index (χ0) is 14.0. The van der Waals surface area contributed by atoms with Gasteiger partial charge in [0.2, 0.25) is 0 Å². The van der Waals surface area contributed by atoms with Crippen LogP contribution < -0.4 is 10.1 Å². The Morgan fingerprint density at radius 2 is 2.45 bits per heavy atom. The van der Waals surface area contributed by atoms with Crippen molar-refractivity contribution >= 4 is 5.91 Å². The van der Waals surface area contributed by atoms with Crippen LogP contribution in [0.4, 0.5) is 0 Å². The maximum absolute atomic E-state index is 12.4. The first-order valence-electron chi connectivity index (χ1n) is 7.25. The molecule has 0 bridgehead atoms. The van der Waals surface area contributed by atoms with Gasteiger partial charge in [0.25, 0.3) is 5.91 Å². The van der Waals surface area contributed by atoms with Crippen LogP contribution in [-0.4, -0.2) is 48.1 Å². The molecule has 2 aliphatic rings. The summed E-state index contributed by atoms with van der Waals surface area (Å²) < 4.78 is 5.67. The van der Waals surface area contributed by atoms with Gasteiger partial charge in [-0.1, -0.05) is 0 Å². The zero-order valence-corrected chi connectivity index (χ0v) is 11.8. The van der Waals surface area contributed by atoms with Crippen LogP contribution in [0.1, 0.15) is 19.8 Å². The molecule has 5 nitrogen and oxygen atoms in total. The minimum Gasteiger partial charge on any atom is -0.479 e. The number of nitrogens with zero attached hydrogens (tertiary/aromatic N) is 2. The molecule has 1 aromatic heterocycles. The average molecular weight is 275 g/mol. The first-order chi connectivity index (χ1) is 9.69. The molecule has 2 unspecified atom stereocenters. The van der Waals surface area contributed by atoms with Gasteiger partial charge in [-0.05, 0) is 38.4 Å². The number of carbonyl (C=O) groups is 1. The molecule has 0 saturated carbocycles. The molecule has 1 amide bonds. The first-order valence-corrected chi connectivity index (χ1v) is 7.25. The SMILES string of the molecule is CC(Oc1cccnc1)C(=O)N1CCC2(CCNC2)C1. The predicted octanol–water partition coefficient (Wildman–Crippen LogP) is 1.06. The molecule has 3 rings (SSSR count). The van der Waals surface area contributed by atoms with Crippen LogP contribution in [-0.2, 0) is 4.79 Å². The molecule has 0 radical (unpaired) electrons. The second kappa shape index (κ2) is 5.40. The van der Waals surface area contributed by atoms with Crippen molar-refractivity contribution in [2.75, 3.05) is 26.2 Å². The van der Waals surface area contributed by atoms with Crippen molar-refractivity contribution in [3.8, 4) is 5.75 Å². The molecule has 1 N–H and O–H groups in total. The molecule has 20 heavy (non-hydrogen) atoms. The molecule has 0 aromatic carbocycles. The van der Waals surface area contributed by atoms with E-state index in [4.69, 9.17) is 4.74 Å². The summed E-state index contributed by atoms with van der Waals surface area (Å²) >= 11 is 0. The minimum atomic E-state index is -0.455. The molecule has 5 heteroatoms. The highest BCUT2D eigenvalue weighted by Crippen LogP contribution is 2.36. The molecule has 3 heterocycles. The second-order valence-corrected chi connectivity index (χ2v) is 5.89. The van der Waals surface area contributed by atoms with Gasteiger partial charge in [0, 0.05) is 31.2 Å². The minimum absolute atomic E-state index is 0.0811. The maximum Gasteiger partial charge on any atom is 0.263 e. The van der Waals surface area contributed by atoms with E-state index in [-0.39, 0.29) is 5.91 Å². The summed E-state index contributed by atoms with van der Waals surface area (Å²) in [6.45, 7) is 5.63. The summed E-state index contributed by atoms with van der Waals surface area (Å²) in [6.07, 6.45) is 5.15. The van der Waals surface area contributed by atoms with E-state index in [1.807, 2.05) is 24.0 Å². The Hall–Kier alpha value is -1.62. The lowest BCUT2D eigenvalue weighted by atomic mass is 9.86. The molecule has 0 aliphatic carbocycles. The topological polar surface area (TPSA) is 54.5 Å². The molecule has 2 atom stereocenters. The maximum atomic E-state index is 12.4. The number of hydrogen-bond donors (Lipinski definition) is 1. The number of ether oxygens (including phenoxy) is 1. The van der Waals surface area contributed by atoms with Crippen molar-refractivity contribution < 1.29 is 9.53 Å². The summed E-state index contributed by atoms with van der Waals surface area (Å²) in [6, 6.07) is 3.63. The van der Waals surface area contributed by atoms with Crippen molar-refractivity contribution in [2.24, 2.45) is 5.41 Å². The smallest absolute Gasteiger partial charge is 0.263 e. The predicted molar refractivity (Wildman–Crippen MR) is 75.4 cm³/mol. The lowest BCUT2D eigenvalue weighted by Crippen LogP contribution is -2.40. The second-order valence-electron chi connectivity index (χ2n) is 5.89. The van der Waals surface area contributed by atoms with Crippen LogP contribution in [0, 0.1) is 5.41 Å². The lowest BCUT2D eigenvalue weighted by molar-refractivity contribution is -0.137. The third-order valence-electron chi connectivity index (χ3n) is 4.38. The highest BCUT2D eigenvalue weighted by atomic mass is 16.5. The van der Waals surface area contributed by atoms with Crippen molar-refractivity contribution in [1.82, 2.24) is 15.2 Å². The van der Waals surface area contributed by atoms with E-state index in [9.17, 15) is 4.79 Å². The van der Waals surface area contributed by atoms with E-state index < -0.39 is 6.10 Å². The van der Waals surface area contributed by atoms with Crippen LogP contribution in [0.15, 0.2) is 24.5 Å². The lowest BCUT2D eigenvalue weighted by Gasteiger charge is -2.25. The Kier molecular flexibility index (Phi) is 3.61. The van der Waals surface area contributed by atoms with Crippen LogP contribution in [0.25, 0.3) is 0 Å². The fraction of sp³-hybridized carbons (Fsp3) is 0.600. The summed E-state index contributed by atoms with van der Waals surface area (Å²) in [5.74, 6) is 0.724. The van der Waals surface area contributed by atoms with Crippen molar-refractivity contribution in [3.05, 3.63) is 24.5 Å². The Morgan fingerprint density at radius 1 is 1.55 bits per heavy atom. The van der Waals surface area contributed by atoms with Crippen molar-refractivity contribution in [3.63, 3.8) is 0 Å². The number of nitrogens with one attached hydrogen (secondary N) is 1. The Balaban J connectivity index is 1.59. The van der Waals surface area contributed by atoms with E-state index in [2.05, 4.69) is 10.3 Å². The van der Waals surface area contributed by atoms with Crippen LogP contribution in [0.3, 0.4) is 0 Å². The summed E-state index contributed by atoms with van der Waals surface area (Å²) in [5, 5.41) is 3.41. The van der Waals surface area contributed by atoms with E-state index in [1.54, 1.807) is 12.4 Å². The van der Waals surface area contributed by atoms with Crippen LogP contribution in [0.2, 0.25) is 0 Å². The molecule has 2 fully saturated rings. The fourth-order valence-corrected chi connectivity index (χ4v) is 3.20. The molecular weight excluding hydrogens is 254 g/mol. The van der Waals surface area contributed by atoms with E-state index >= 15 is 0 Å². The molecule has 2 aliphatic heterocycles. The number of amides is 1. The largest absolute Gasteiger partial charge is 0.479 e. The number of aromatic nitrogens is 1. The molecule has 1 spiro atoms. The Morgan fingerprint density at radius 3 is 3.15 bits per heavy atom. The van der Waals surface area contributed by atoms with Crippen molar-refractivity contribution in [2.45, 2.75) is 25.9 Å². The van der Waals surface area contributed by atoms with Gasteiger partial charge in [0.1, 0.15) is 5.75 Å². The fourth-order valence-electron chi connectivity index (χ4n) is 3.20. The van der Waals surface area contributed by atoms with Crippen LogP contribution >= 0.6 is 0 Å². The number of likely N-dealkylation sites (tertiary alicyclic amines) is 1. The van der Waals surface area contributed by atoms with Gasteiger partial charge in [0.15, 0.2) is 6.10 Å². The normalized spacial score (nSPS) is 26.9.